The first-order valence-corrected chi connectivity index (χ1v) is 7.46. The van der Waals surface area contributed by atoms with Crippen LogP contribution >= 0.6 is 0 Å². The van der Waals surface area contributed by atoms with Crippen LogP contribution in [0.1, 0.15) is 10.4 Å². The summed E-state index contributed by atoms with van der Waals surface area (Å²) in [6.45, 7) is -0.144. The molecule has 0 aliphatic carbocycles. The summed E-state index contributed by atoms with van der Waals surface area (Å²) < 4.78 is 42.3. The number of rotatable bonds is 6. The van der Waals surface area contributed by atoms with Crippen LogP contribution in [-0.2, 0) is 0 Å². The number of hydrogen-bond acceptors (Lipinski definition) is 5. The van der Waals surface area contributed by atoms with Gasteiger partial charge in [0.1, 0.15) is 30.1 Å². The zero-order valence-electron chi connectivity index (χ0n) is 13.0. The zero-order valence-corrected chi connectivity index (χ0v) is 13.0. The lowest BCUT2D eigenvalue weighted by molar-refractivity contribution is 0.0840. The van der Waals surface area contributed by atoms with E-state index in [0.29, 0.717) is 17.2 Å². The fraction of sp³-hybridized carbons (Fsp3) is 0.235. The second kappa shape index (κ2) is 7.35. The maximum atomic E-state index is 13.5. The topological polar surface area (TPSA) is 77.0 Å². The fourth-order valence-corrected chi connectivity index (χ4v) is 2.20. The standard InChI is InChI=1S/C17H15F2NO5/c18-10-1-3-14(19)13(5-10)17(22)20-7-11(21)8-23-12-2-4-15-16(6-12)25-9-24-15/h1-6,11,21H,7-9H2,(H,20,22). The van der Waals surface area contributed by atoms with Gasteiger partial charge in [-0.3, -0.25) is 4.79 Å². The third-order valence-corrected chi connectivity index (χ3v) is 3.46. The van der Waals surface area contributed by atoms with Crippen LogP contribution in [-0.4, -0.2) is 37.1 Å². The number of carbonyl (C=O) groups is 1. The number of aliphatic hydroxyl groups excluding tert-OH is 1. The van der Waals surface area contributed by atoms with Crippen molar-refractivity contribution in [1.82, 2.24) is 5.32 Å². The molecule has 1 unspecified atom stereocenters. The van der Waals surface area contributed by atoms with E-state index in [0.717, 1.165) is 18.2 Å². The third kappa shape index (κ3) is 4.16. The SMILES string of the molecule is O=C(NCC(O)COc1ccc2c(c1)OCO2)c1cc(F)ccc1F. The molecule has 2 aromatic rings. The summed E-state index contributed by atoms with van der Waals surface area (Å²) >= 11 is 0. The van der Waals surface area contributed by atoms with Crippen LogP contribution in [0.25, 0.3) is 0 Å². The highest BCUT2D eigenvalue weighted by molar-refractivity contribution is 5.94. The Bertz CT molecular complexity index is 784. The number of hydrogen-bond donors (Lipinski definition) is 2. The summed E-state index contributed by atoms with van der Waals surface area (Å²) in [4.78, 5) is 11.8. The Hall–Kier alpha value is -2.87. The molecule has 0 aromatic heterocycles. The molecule has 0 radical (unpaired) electrons. The molecule has 1 aliphatic heterocycles. The van der Waals surface area contributed by atoms with Crippen LogP contribution < -0.4 is 19.5 Å². The smallest absolute Gasteiger partial charge is 0.254 e. The Balaban J connectivity index is 1.48. The number of fused-ring (bicyclic) bond motifs is 1. The summed E-state index contributed by atoms with van der Waals surface area (Å²) in [6, 6.07) is 7.53. The molecule has 1 atom stereocenters. The van der Waals surface area contributed by atoms with Crippen molar-refractivity contribution in [2.75, 3.05) is 19.9 Å². The predicted octanol–water partition coefficient (Wildman–Crippen LogP) is 1.86. The highest BCUT2D eigenvalue weighted by Gasteiger charge is 2.16. The lowest BCUT2D eigenvalue weighted by atomic mass is 10.2. The minimum Gasteiger partial charge on any atom is -0.491 e. The summed E-state index contributed by atoms with van der Waals surface area (Å²) in [5.41, 5.74) is -0.427. The lowest BCUT2D eigenvalue weighted by Crippen LogP contribution is -2.35. The van der Waals surface area contributed by atoms with Crippen LogP contribution in [0.3, 0.4) is 0 Å². The number of amides is 1. The van der Waals surface area contributed by atoms with E-state index < -0.39 is 29.2 Å². The quantitative estimate of drug-likeness (QED) is 0.831. The molecule has 25 heavy (non-hydrogen) atoms. The van der Waals surface area contributed by atoms with Crippen LogP contribution in [0.4, 0.5) is 8.78 Å². The summed E-state index contributed by atoms with van der Waals surface area (Å²) in [5.74, 6) is -0.771. The van der Waals surface area contributed by atoms with Crippen molar-refractivity contribution in [3.63, 3.8) is 0 Å². The van der Waals surface area contributed by atoms with Crippen LogP contribution in [0, 0.1) is 11.6 Å². The number of carbonyl (C=O) groups excluding carboxylic acids is 1. The summed E-state index contributed by atoms with van der Waals surface area (Å²) in [7, 11) is 0. The molecule has 2 aromatic carbocycles. The Morgan fingerprint density at radius 2 is 2.00 bits per heavy atom. The van der Waals surface area contributed by atoms with Gasteiger partial charge in [0.15, 0.2) is 11.5 Å². The first-order chi connectivity index (χ1) is 12.0. The van der Waals surface area contributed by atoms with Crippen molar-refractivity contribution in [2.24, 2.45) is 0 Å². The zero-order chi connectivity index (χ0) is 17.8. The second-order valence-electron chi connectivity index (χ2n) is 5.31. The van der Waals surface area contributed by atoms with Gasteiger partial charge >= 0.3 is 0 Å². The largest absolute Gasteiger partial charge is 0.491 e. The van der Waals surface area contributed by atoms with Crippen LogP contribution in [0.15, 0.2) is 36.4 Å². The minimum absolute atomic E-state index is 0.106. The number of benzene rings is 2. The molecule has 6 nitrogen and oxygen atoms in total. The van der Waals surface area contributed by atoms with E-state index in [2.05, 4.69) is 5.32 Å². The highest BCUT2D eigenvalue weighted by Crippen LogP contribution is 2.35. The Labute approximate surface area is 141 Å². The predicted molar refractivity (Wildman–Crippen MR) is 82.8 cm³/mol. The average Bonchev–Trinajstić information content (AvgIpc) is 3.07. The van der Waals surface area contributed by atoms with Gasteiger partial charge in [-0.1, -0.05) is 0 Å². The fourth-order valence-electron chi connectivity index (χ4n) is 2.20. The van der Waals surface area contributed by atoms with Gasteiger partial charge in [-0.25, -0.2) is 8.78 Å². The van der Waals surface area contributed by atoms with Crippen molar-refractivity contribution in [1.29, 1.82) is 0 Å². The molecule has 8 heteroatoms. The lowest BCUT2D eigenvalue weighted by Gasteiger charge is -2.14. The van der Waals surface area contributed by atoms with E-state index in [1.165, 1.54) is 0 Å². The van der Waals surface area contributed by atoms with Gasteiger partial charge in [-0.15, -0.1) is 0 Å². The molecular weight excluding hydrogens is 336 g/mol. The molecule has 3 rings (SSSR count). The number of halogens is 2. The maximum absolute atomic E-state index is 13.5. The van der Waals surface area contributed by atoms with Gasteiger partial charge in [0.05, 0.1) is 5.56 Å². The van der Waals surface area contributed by atoms with Gasteiger partial charge in [0.25, 0.3) is 5.91 Å². The summed E-state index contributed by atoms with van der Waals surface area (Å²) in [5, 5.41) is 12.2. The normalized spacial score (nSPS) is 13.4. The Morgan fingerprint density at radius 3 is 2.84 bits per heavy atom. The molecule has 0 saturated carbocycles. The maximum Gasteiger partial charge on any atom is 0.254 e. The molecule has 2 N–H and O–H groups in total. The van der Waals surface area contributed by atoms with Gasteiger partial charge in [-0.2, -0.15) is 0 Å². The molecule has 132 valence electrons. The number of aliphatic hydroxyl groups is 1. The van der Waals surface area contributed by atoms with Gasteiger partial charge in [0, 0.05) is 12.6 Å². The minimum atomic E-state index is -1.04. The molecule has 1 heterocycles. The van der Waals surface area contributed by atoms with Crippen LogP contribution in [0.5, 0.6) is 17.2 Å². The molecule has 0 spiro atoms. The van der Waals surface area contributed by atoms with Crippen molar-refractivity contribution in [3.8, 4) is 17.2 Å². The van der Waals surface area contributed by atoms with E-state index in [1.54, 1.807) is 18.2 Å². The van der Waals surface area contributed by atoms with Crippen LogP contribution in [0.2, 0.25) is 0 Å². The second-order valence-corrected chi connectivity index (χ2v) is 5.31. The van der Waals surface area contributed by atoms with Gasteiger partial charge < -0.3 is 24.6 Å². The first kappa shape index (κ1) is 17.0. The average molecular weight is 351 g/mol. The number of nitrogens with one attached hydrogen (secondary N) is 1. The highest BCUT2D eigenvalue weighted by atomic mass is 19.1. The Morgan fingerprint density at radius 1 is 1.20 bits per heavy atom. The van der Waals surface area contributed by atoms with Crippen molar-refractivity contribution < 1.29 is 32.9 Å². The van der Waals surface area contributed by atoms with Crippen molar-refractivity contribution in [2.45, 2.75) is 6.10 Å². The molecular formula is C17H15F2NO5. The Kier molecular flexibility index (Phi) is 4.99. The van der Waals surface area contributed by atoms with Gasteiger partial charge in [-0.05, 0) is 30.3 Å². The van der Waals surface area contributed by atoms with E-state index in [1.807, 2.05) is 0 Å². The number of ether oxygens (including phenoxy) is 3. The van der Waals surface area contributed by atoms with Crippen molar-refractivity contribution >= 4 is 5.91 Å². The summed E-state index contributed by atoms with van der Waals surface area (Å²) in [6.07, 6.45) is -1.04. The monoisotopic (exact) mass is 351 g/mol. The molecule has 0 bridgehead atoms. The van der Waals surface area contributed by atoms with E-state index in [9.17, 15) is 18.7 Å². The van der Waals surface area contributed by atoms with E-state index in [-0.39, 0.29) is 19.9 Å². The van der Waals surface area contributed by atoms with E-state index in [4.69, 9.17) is 14.2 Å². The van der Waals surface area contributed by atoms with Crippen molar-refractivity contribution in [3.05, 3.63) is 53.6 Å². The van der Waals surface area contributed by atoms with Gasteiger partial charge in [0.2, 0.25) is 6.79 Å². The molecule has 1 aliphatic rings. The molecule has 0 fully saturated rings. The van der Waals surface area contributed by atoms with E-state index >= 15 is 0 Å². The molecule has 0 saturated heterocycles. The first-order valence-electron chi connectivity index (χ1n) is 7.46. The molecule has 1 amide bonds. The third-order valence-electron chi connectivity index (χ3n) is 3.46.